The van der Waals surface area contributed by atoms with Crippen molar-refractivity contribution in [2.75, 3.05) is 26.8 Å². The van der Waals surface area contributed by atoms with Crippen LogP contribution in [0.15, 0.2) is 0 Å². The summed E-state index contributed by atoms with van der Waals surface area (Å²) >= 11 is 0. The van der Waals surface area contributed by atoms with Crippen LogP contribution in [0.4, 0.5) is 0 Å². The van der Waals surface area contributed by atoms with Crippen molar-refractivity contribution in [1.29, 1.82) is 0 Å². The van der Waals surface area contributed by atoms with Crippen LogP contribution in [-0.2, 0) is 4.74 Å². The standard InChI is InChI=1S/C15H29NO2/c1-11-8-12(2)15(14(17)9-11)16(3)10-13-4-6-18-7-5-13/h11-15,17H,4-10H2,1-3H3. The van der Waals surface area contributed by atoms with E-state index in [-0.39, 0.29) is 6.10 Å². The quantitative estimate of drug-likeness (QED) is 0.838. The number of hydrogen-bond donors (Lipinski definition) is 1. The highest BCUT2D eigenvalue weighted by molar-refractivity contribution is 4.89. The van der Waals surface area contributed by atoms with Crippen LogP contribution in [0.2, 0.25) is 0 Å². The van der Waals surface area contributed by atoms with E-state index in [2.05, 4.69) is 25.8 Å². The molecule has 18 heavy (non-hydrogen) atoms. The van der Waals surface area contributed by atoms with Crippen LogP contribution in [0.1, 0.15) is 39.5 Å². The molecule has 3 nitrogen and oxygen atoms in total. The maximum atomic E-state index is 10.3. The normalized spacial score (nSPS) is 39.2. The molecule has 1 heterocycles. The Balaban J connectivity index is 1.88. The van der Waals surface area contributed by atoms with Crippen LogP contribution in [0, 0.1) is 17.8 Å². The highest BCUT2D eigenvalue weighted by Crippen LogP contribution is 2.32. The molecule has 4 unspecified atom stereocenters. The summed E-state index contributed by atoms with van der Waals surface area (Å²) in [5.41, 5.74) is 0. The molecule has 106 valence electrons. The van der Waals surface area contributed by atoms with Gasteiger partial charge in [0.05, 0.1) is 6.10 Å². The van der Waals surface area contributed by atoms with Gasteiger partial charge in [-0.15, -0.1) is 0 Å². The lowest BCUT2D eigenvalue weighted by atomic mass is 9.77. The maximum absolute atomic E-state index is 10.3. The zero-order chi connectivity index (χ0) is 13.1. The Labute approximate surface area is 112 Å². The molecule has 0 aromatic rings. The van der Waals surface area contributed by atoms with Crippen molar-refractivity contribution in [3.63, 3.8) is 0 Å². The predicted molar refractivity (Wildman–Crippen MR) is 73.5 cm³/mol. The molecule has 3 heteroatoms. The Kier molecular flexibility index (Phi) is 5.05. The average Bonchev–Trinajstić information content (AvgIpc) is 2.28. The summed E-state index contributed by atoms with van der Waals surface area (Å²) in [6, 6.07) is 0.351. The second-order valence-electron chi connectivity index (χ2n) is 6.61. The van der Waals surface area contributed by atoms with Crippen LogP contribution in [-0.4, -0.2) is 49.0 Å². The lowest BCUT2D eigenvalue weighted by molar-refractivity contribution is -0.0273. The Morgan fingerprint density at radius 1 is 1.17 bits per heavy atom. The Bertz CT molecular complexity index is 241. The Morgan fingerprint density at radius 3 is 2.44 bits per heavy atom. The molecule has 1 aliphatic heterocycles. The number of nitrogens with zero attached hydrogens (tertiary/aromatic N) is 1. The third-order valence-electron chi connectivity index (χ3n) is 4.79. The molecule has 2 aliphatic rings. The van der Waals surface area contributed by atoms with Gasteiger partial charge >= 0.3 is 0 Å². The number of likely N-dealkylation sites (N-methyl/N-ethyl adjacent to an activating group) is 1. The maximum Gasteiger partial charge on any atom is 0.0700 e. The van der Waals surface area contributed by atoms with Crippen molar-refractivity contribution in [2.45, 2.75) is 51.7 Å². The van der Waals surface area contributed by atoms with Crippen molar-refractivity contribution in [1.82, 2.24) is 4.90 Å². The van der Waals surface area contributed by atoms with Gasteiger partial charge in [-0.1, -0.05) is 13.8 Å². The smallest absolute Gasteiger partial charge is 0.0700 e. The molecule has 1 saturated carbocycles. The Hall–Kier alpha value is -0.120. The minimum atomic E-state index is -0.145. The van der Waals surface area contributed by atoms with E-state index in [9.17, 15) is 5.11 Å². The number of aliphatic hydroxyl groups excluding tert-OH is 1. The second-order valence-corrected chi connectivity index (χ2v) is 6.61. The molecule has 0 aromatic carbocycles. The third kappa shape index (κ3) is 3.46. The molecule has 2 fully saturated rings. The fraction of sp³-hybridized carbons (Fsp3) is 1.00. The molecule has 0 aromatic heterocycles. The van der Waals surface area contributed by atoms with Gasteiger partial charge in [-0.25, -0.2) is 0 Å². The van der Waals surface area contributed by atoms with Crippen molar-refractivity contribution < 1.29 is 9.84 Å². The van der Waals surface area contributed by atoms with Gasteiger partial charge in [-0.05, 0) is 50.5 Å². The van der Waals surface area contributed by atoms with Gasteiger partial charge in [0.2, 0.25) is 0 Å². The van der Waals surface area contributed by atoms with Gasteiger partial charge in [0.1, 0.15) is 0 Å². The lowest BCUT2D eigenvalue weighted by Gasteiger charge is -2.43. The molecular formula is C15H29NO2. The van der Waals surface area contributed by atoms with Crippen LogP contribution in [0.3, 0.4) is 0 Å². The SMILES string of the molecule is CC1CC(C)C(N(C)CC2CCOCC2)C(O)C1. The molecule has 1 saturated heterocycles. The van der Waals surface area contributed by atoms with E-state index in [0.29, 0.717) is 17.9 Å². The van der Waals surface area contributed by atoms with Crippen molar-refractivity contribution in [2.24, 2.45) is 17.8 Å². The highest BCUT2D eigenvalue weighted by Gasteiger charge is 2.35. The van der Waals surface area contributed by atoms with Crippen molar-refractivity contribution in [3.8, 4) is 0 Å². The summed E-state index contributed by atoms with van der Waals surface area (Å²) < 4.78 is 5.42. The van der Waals surface area contributed by atoms with Crippen LogP contribution < -0.4 is 0 Å². The van der Waals surface area contributed by atoms with E-state index in [1.54, 1.807) is 0 Å². The third-order valence-corrected chi connectivity index (χ3v) is 4.79. The predicted octanol–water partition coefficient (Wildman–Crippen LogP) is 2.14. The molecule has 1 N–H and O–H groups in total. The zero-order valence-electron chi connectivity index (χ0n) is 12.1. The zero-order valence-corrected chi connectivity index (χ0v) is 12.1. The average molecular weight is 255 g/mol. The van der Waals surface area contributed by atoms with Crippen LogP contribution in [0.25, 0.3) is 0 Å². The van der Waals surface area contributed by atoms with E-state index in [0.717, 1.165) is 32.1 Å². The van der Waals surface area contributed by atoms with Gasteiger partial charge in [0, 0.05) is 25.8 Å². The number of aliphatic hydroxyl groups is 1. The first-order valence-electron chi connectivity index (χ1n) is 7.54. The van der Waals surface area contributed by atoms with E-state index in [4.69, 9.17) is 4.74 Å². The number of rotatable bonds is 3. The fourth-order valence-electron chi connectivity index (χ4n) is 3.99. The summed E-state index contributed by atoms with van der Waals surface area (Å²) in [7, 11) is 2.19. The minimum Gasteiger partial charge on any atom is -0.391 e. The van der Waals surface area contributed by atoms with Gasteiger partial charge < -0.3 is 14.7 Å². The largest absolute Gasteiger partial charge is 0.391 e. The van der Waals surface area contributed by atoms with E-state index >= 15 is 0 Å². The fourth-order valence-corrected chi connectivity index (χ4v) is 3.99. The van der Waals surface area contributed by atoms with Gasteiger partial charge in [-0.2, -0.15) is 0 Å². The van der Waals surface area contributed by atoms with E-state index < -0.39 is 0 Å². The minimum absolute atomic E-state index is 0.145. The molecular weight excluding hydrogens is 226 g/mol. The molecule has 1 aliphatic carbocycles. The summed E-state index contributed by atoms with van der Waals surface area (Å²) in [5.74, 6) is 2.03. The molecule has 0 amide bonds. The number of ether oxygens (including phenoxy) is 1. The summed E-state index contributed by atoms with van der Waals surface area (Å²) in [5, 5.41) is 10.3. The van der Waals surface area contributed by atoms with Gasteiger partial charge in [0.15, 0.2) is 0 Å². The molecule has 0 radical (unpaired) electrons. The Morgan fingerprint density at radius 2 is 1.83 bits per heavy atom. The molecule has 2 rings (SSSR count). The van der Waals surface area contributed by atoms with Crippen LogP contribution in [0.5, 0.6) is 0 Å². The molecule has 0 spiro atoms. The first-order valence-corrected chi connectivity index (χ1v) is 7.54. The summed E-state index contributed by atoms with van der Waals surface area (Å²) in [4.78, 5) is 2.41. The second kappa shape index (κ2) is 6.36. The lowest BCUT2D eigenvalue weighted by Crippen LogP contribution is -2.51. The van der Waals surface area contributed by atoms with Crippen molar-refractivity contribution in [3.05, 3.63) is 0 Å². The monoisotopic (exact) mass is 255 g/mol. The molecule has 4 atom stereocenters. The van der Waals surface area contributed by atoms with Gasteiger partial charge in [0.25, 0.3) is 0 Å². The van der Waals surface area contributed by atoms with Crippen LogP contribution >= 0.6 is 0 Å². The van der Waals surface area contributed by atoms with Gasteiger partial charge in [-0.3, -0.25) is 0 Å². The highest BCUT2D eigenvalue weighted by atomic mass is 16.5. The topological polar surface area (TPSA) is 32.7 Å². The number of hydrogen-bond acceptors (Lipinski definition) is 3. The summed E-state index contributed by atoms with van der Waals surface area (Å²) in [6.45, 7) is 7.50. The molecule has 0 bridgehead atoms. The van der Waals surface area contributed by atoms with E-state index in [1.807, 2.05) is 0 Å². The van der Waals surface area contributed by atoms with Crippen molar-refractivity contribution >= 4 is 0 Å². The van der Waals surface area contributed by atoms with E-state index in [1.165, 1.54) is 19.3 Å². The first-order chi connectivity index (χ1) is 8.58. The first kappa shape index (κ1) is 14.3. The summed E-state index contributed by atoms with van der Waals surface area (Å²) in [6.07, 6.45) is 4.43.